The summed E-state index contributed by atoms with van der Waals surface area (Å²) in [7, 11) is 0. The molecule has 2 aromatic rings. The van der Waals surface area contributed by atoms with Crippen LogP contribution in [0.3, 0.4) is 0 Å². The third-order valence-corrected chi connectivity index (χ3v) is 3.76. The summed E-state index contributed by atoms with van der Waals surface area (Å²) in [4.78, 5) is 18.7. The van der Waals surface area contributed by atoms with Crippen LogP contribution >= 0.6 is 0 Å². The van der Waals surface area contributed by atoms with Gasteiger partial charge in [0.1, 0.15) is 0 Å². The van der Waals surface area contributed by atoms with Gasteiger partial charge in [0.25, 0.3) is 5.91 Å². The quantitative estimate of drug-likeness (QED) is 0.918. The molecule has 2 N–H and O–H groups in total. The van der Waals surface area contributed by atoms with Gasteiger partial charge in [0, 0.05) is 24.7 Å². The van der Waals surface area contributed by atoms with Crippen LogP contribution in [0.4, 0.5) is 0 Å². The molecule has 0 spiro atoms. The maximum Gasteiger partial charge on any atom is 0.291 e. The monoisotopic (exact) mass is 285 g/mol. The zero-order valence-electron chi connectivity index (χ0n) is 12.1. The molecule has 1 aromatic carbocycles. The smallest absolute Gasteiger partial charge is 0.291 e. The van der Waals surface area contributed by atoms with Crippen molar-refractivity contribution in [2.24, 2.45) is 5.73 Å². The van der Waals surface area contributed by atoms with Crippen LogP contribution in [0.25, 0.3) is 11.5 Å². The number of aryl methyl sites for hydroxylation is 1. The lowest BCUT2D eigenvalue weighted by atomic mass is 10.1. The van der Waals surface area contributed by atoms with Crippen LogP contribution in [0.5, 0.6) is 0 Å². The maximum atomic E-state index is 12.5. The van der Waals surface area contributed by atoms with Gasteiger partial charge in [-0.1, -0.05) is 18.2 Å². The third-order valence-electron chi connectivity index (χ3n) is 3.76. The Bertz CT molecular complexity index is 636. The molecule has 110 valence electrons. The highest BCUT2D eigenvalue weighted by Gasteiger charge is 2.27. The predicted octanol–water partition coefficient (Wildman–Crippen LogP) is 2.21. The van der Waals surface area contributed by atoms with E-state index in [9.17, 15) is 4.79 Å². The van der Waals surface area contributed by atoms with Gasteiger partial charge in [0.05, 0.1) is 5.69 Å². The van der Waals surface area contributed by atoms with E-state index in [0.29, 0.717) is 23.9 Å². The normalized spacial score (nSPS) is 18.8. The minimum Gasteiger partial charge on any atom is -0.431 e. The number of piperidine rings is 1. The van der Waals surface area contributed by atoms with Gasteiger partial charge in [-0.25, -0.2) is 4.98 Å². The van der Waals surface area contributed by atoms with Crippen molar-refractivity contribution in [3.8, 4) is 11.5 Å². The lowest BCUT2D eigenvalue weighted by Gasteiger charge is -2.30. The molecule has 1 saturated heterocycles. The molecular formula is C16H19N3O2. The Kier molecular flexibility index (Phi) is 3.75. The number of rotatable bonds is 2. The van der Waals surface area contributed by atoms with Gasteiger partial charge >= 0.3 is 0 Å². The van der Waals surface area contributed by atoms with Crippen molar-refractivity contribution in [3.05, 3.63) is 41.8 Å². The second kappa shape index (κ2) is 5.69. The maximum absolute atomic E-state index is 12.5. The second-order valence-corrected chi connectivity index (χ2v) is 5.45. The van der Waals surface area contributed by atoms with E-state index in [-0.39, 0.29) is 11.9 Å². The molecule has 1 fully saturated rings. The van der Waals surface area contributed by atoms with Crippen LogP contribution in [0, 0.1) is 6.92 Å². The Hall–Kier alpha value is -2.14. The minimum atomic E-state index is -0.114. The summed E-state index contributed by atoms with van der Waals surface area (Å²) < 4.78 is 5.71. The summed E-state index contributed by atoms with van der Waals surface area (Å²) >= 11 is 0. The first-order valence-corrected chi connectivity index (χ1v) is 7.23. The molecule has 21 heavy (non-hydrogen) atoms. The summed E-state index contributed by atoms with van der Waals surface area (Å²) in [6.45, 7) is 3.11. The Morgan fingerprint density at radius 2 is 2.14 bits per heavy atom. The van der Waals surface area contributed by atoms with E-state index in [4.69, 9.17) is 10.2 Å². The van der Waals surface area contributed by atoms with Crippen LogP contribution in [0.2, 0.25) is 0 Å². The molecule has 2 heterocycles. The Labute approximate surface area is 123 Å². The van der Waals surface area contributed by atoms with E-state index in [2.05, 4.69) is 4.98 Å². The molecule has 5 nitrogen and oxygen atoms in total. The molecule has 5 heteroatoms. The number of oxazole rings is 1. The number of aromatic nitrogens is 1. The van der Waals surface area contributed by atoms with Crippen molar-refractivity contribution in [2.45, 2.75) is 25.8 Å². The Balaban J connectivity index is 1.86. The third kappa shape index (κ3) is 2.83. The SMILES string of the molecule is Cc1nc(-c2ccccc2)oc1C(=O)N1CCC[C@@H](N)C1. The van der Waals surface area contributed by atoms with Gasteiger partial charge in [-0.2, -0.15) is 0 Å². The van der Waals surface area contributed by atoms with Crippen LogP contribution < -0.4 is 5.73 Å². The van der Waals surface area contributed by atoms with Gasteiger partial charge in [0.2, 0.25) is 11.7 Å². The fourth-order valence-corrected chi connectivity index (χ4v) is 2.64. The molecule has 0 radical (unpaired) electrons. The molecule has 1 aromatic heterocycles. The molecule has 0 unspecified atom stereocenters. The number of amides is 1. The summed E-state index contributed by atoms with van der Waals surface area (Å²) in [6, 6.07) is 9.65. The molecule has 0 aliphatic carbocycles. The predicted molar refractivity (Wildman–Crippen MR) is 79.8 cm³/mol. The molecule has 1 atom stereocenters. The average molecular weight is 285 g/mol. The van der Waals surface area contributed by atoms with Crippen LogP contribution in [0.15, 0.2) is 34.7 Å². The Morgan fingerprint density at radius 1 is 1.38 bits per heavy atom. The topological polar surface area (TPSA) is 72.4 Å². The molecule has 0 bridgehead atoms. The summed E-state index contributed by atoms with van der Waals surface area (Å²) in [5.74, 6) is 0.693. The van der Waals surface area contributed by atoms with E-state index in [1.54, 1.807) is 11.8 Å². The number of benzene rings is 1. The zero-order chi connectivity index (χ0) is 14.8. The van der Waals surface area contributed by atoms with Crippen molar-refractivity contribution in [1.29, 1.82) is 0 Å². The minimum absolute atomic E-state index is 0.0551. The molecule has 0 saturated carbocycles. The number of hydrogen-bond donors (Lipinski definition) is 1. The van der Waals surface area contributed by atoms with Crippen LogP contribution in [-0.4, -0.2) is 34.9 Å². The van der Waals surface area contributed by atoms with E-state index in [0.717, 1.165) is 24.9 Å². The number of nitrogens with zero attached hydrogens (tertiary/aromatic N) is 2. The van der Waals surface area contributed by atoms with Gasteiger partial charge < -0.3 is 15.1 Å². The van der Waals surface area contributed by atoms with Gasteiger partial charge in [-0.15, -0.1) is 0 Å². The highest BCUT2D eigenvalue weighted by atomic mass is 16.4. The first kappa shape index (κ1) is 13.8. The fourth-order valence-electron chi connectivity index (χ4n) is 2.64. The van der Waals surface area contributed by atoms with Crippen molar-refractivity contribution >= 4 is 5.91 Å². The summed E-state index contributed by atoms with van der Waals surface area (Å²) in [5.41, 5.74) is 7.43. The van der Waals surface area contributed by atoms with Crippen molar-refractivity contribution in [3.63, 3.8) is 0 Å². The number of carbonyl (C=O) groups excluding carboxylic acids is 1. The average Bonchev–Trinajstić information content (AvgIpc) is 2.89. The van der Waals surface area contributed by atoms with Gasteiger partial charge in [-0.3, -0.25) is 4.79 Å². The van der Waals surface area contributed by atoms with Crippen LogP contribution in [-0.2, 0) is 0 Å². The highest BCUT2D eigenvalue weighted by molar-refractivity contribution is 5.93. The second-order valence-electron chi connectivity index (χ2n) is 5.45. The lowest BCUT2D eigenvalue weighted by molar-refractivity contribution is 0.0676. The number of carbonyl (C=O) groups is 1. The highest BCUT2D eigenvalue weighted by Crippen LogP contribution is 2.23. The Morgan fingerprint density at radius 3 is 2.86 bits per heavy atom. The van der Waals surface area contributed by atoms with E-state index in [1.165, 1.54) is 0 Å². The molecule has 1 aliphatic rings. The standard InChI is InChI=1S/C16H19N3O2/c1-11-14(16(20)19-9-5-8-13(17)10-19)21-15(18-11)12-6-3-2-4-7-12/h2-4,6-7,13H,5,8-10,17H2,1H3/t13-/m1/s1. The summed E-state index contributed by atoms with van der Waals surface area (Å²) in [5, 5.41) is 0. The number of likely N-dealkylation sites (tertiary alicyclic amines) is 1. The lowest BCUT2D eigenvalue weighted by Crippen LogP contribution is -2.45. The molecular weight excluding hydrogens is 266 g/mol. The first-order chi connectivity index (χ1) is 10.1. The van der Waals surface area contributed by atoms with Crippen molar-refractivity contribution < 1.29 is 9.21 Å². The van der Waals surface area contributed by atoms with Gasteiger partial charge in [-0.05, 0) is 31.9 Å². The zero-order valence-corrected chi connectivity index (χ0v) is 12.1. The summed E-state index contributed by atoms with van der Waals surface area (Å²) in [6.07, 6.45) is 1.90. The largest absolute Gasteiger partial charge is 0.431 e. The number of nitrogens with two attached hydrogens (primary N) is 1. The first-order valence-electron chi connectivity index (χ1n) is 7.23. The van der Waals surface area contributed by atoms with Crippen LogP contribution in [0.1, 0.15) is 29.1 Å². The molecule has 3 rings (SSSR count). The van der Waals surface area contributed by atoms with E-state index < -0.39 is 0 Å². The van der Waals surface area contributed by atoms with E-state index >= 15 is 0 Å². The van der Waals surface area contributed by atoms with Crippen molar-refractivity contribution in [1.82, 2.24) is 9.88 Å². The number of hydrogen-bond acceptors (Lipinski definition) is 4. The van der Waals surface area contributed by atoms with Gasteiger partial charge in [0.15, 0.2) is 0 Å². The molecule has 1 amide bonds. The fraction of sp³-hybridized carbons (Fsp3) is 0.375. The van der Waals surface area contributed by atoms with E-state index in [1.807, 2.05) is 30.3 Å². The molecule has 1 aliphatic heterocycles. The van der Waals surface area contributed by atoms with Crippen molar-refractivity contribution in [2.75, 3.05) is 13.1 Å².